The van der Waals surface area contributed by atoms with Crippen LogP contribution in [0.3, 0.4) is 0 Å². The van der Waals surface area contributed by atoms with E-state index in [2.05, 4.69) is 47.2 Å². The first kappa shape index (κ1) is 15.3. The van der Waals surface area contributed by atoms with Gasteiger partial charge in [0.2, 0.25) is 0 Å². The van der Waals surface area contributed by atoms with Crippen molar-refractivity contribution in [3.05, 3.63) is 30.3 Å². The lowest BCUT2D eigenvalue weighted by atomic mass is 10.2. The summed E-state index contributed by atoms with van der Waals surface area (Å²) < 4.78 is 5.38. The van der Waals surface area contributed by atoms with Gasteiger partial charge in [-0.2, -0.15) is 0 Å². The van der Waals surface area contributed by atoms with Crippen molar-refractivity contribution in [1.29, 1.82) is 0 Å². The molecule has 4 nitrogen and oxygen atoms in total. The molecule has 1 heterocycles. The average Bonchev–Trinajstić information content (AvgIpc) is 2.92. The zero-order valence-corrected chi connectivity index (χ0v) is 12.4. The van der Waals surface area contributed by atoms with Crippen molar-refractivity contribution < 1.29 is 9.84 Å². The SMILES string of the molecule is CN(CC1CCCN1CCOCCO)c1ccccc1. The summed E-state index contributed by atoms with van der Waals surface area (Å²) in [6.07, 6.45) is 2.53. The van der Waals surface area contributed by atoms with Crippen LogP contribution < -0.4 is 4.90 Å². The molecule has 1 aliphatic rings. The highest BCUT2D eigenvalue weighted by Gasteiger charge is 2.25. The second-order valence-electron chi connectivity index (χ2n) is 5.38. The molecule has 1 aliphatic heterocycles. The zero-order chi connectivity index (χ0) is 14.2. The minimum Gasteiger partial charge on any atom is -0.394 e. The molecule has 0 bridgehead atoms. The lowest BCUT2D eigenvalue weighted by Gasteiger charge is -2.29. The number of aliphatic hydroxyl groups is 1. The molecule has 2 rings (SSSR count). The summed E-state index contributed by atoms with van der Waals surface area (Å²) >= 11 is 0. The molecule has 1 fully saturated rings. The van der Waals surface area contributed by atoms with Crippen molar-refractivity contribution in [2.24, 2.45) is 0 Å². The molecule has 0 spiro atoms. The molecule has 0 amide bonds. The summed E-state index contributed by atoms with van der Waals surface area (Å²) in [5.74, 6) is 0. The Bertz CT molecular complexity index is 372. The van der Waals surface area contributed by atoms with Gasteiger partial charge in [-0.15, -0.1) is 0 Å². The van der Waals surface area contributed by atoms with E-state index in [0.717, 1.165) is 19.6 Å². The van der Waals surface area contributed by atoms with Gasteiger partial charge in [0.05, 0.1) is 19.8 Å². The summed E-state index contributed by atoms with van der Waals surface area (Å²) in [4.78, 5) is 4.84. The number of hydrogen-bond acceptors (Lipinski definition) is 4. The Morgan fingerprint density at radius 1 is 1.30 bits per heavy atom. The topological polar surface area (TPSA) is 35.9 Å². The normalized spacial score (nSPS) is 19.4. The van der Waals surface area contributed by atoms with Crippen LogP contribution in [-0.4, -0.2) is 62.6 Å². The fourth-order valence-electron chi connectivity index (χ4n) is 2.85. The second kappa shape index (κ2) is 8.25. The number of anilines is 1. The van der Waals surface area contributed by atoms with Gasteiger partial charge in [0, 0.05) is 31.9 Å². The molecule has 0 saturated carbocycles. The van der Waals surface area contributed by atoms with E-state index < -0.39 is 0 Å². The molecule has 4 heteroatoms. The van der Waals surface area contributed by atoms with Crippen LogP contribution in [0.25, 0.3) is 0 Å². The summed E-state index contributed by atoms with van der Waals surface area (Å²) in [6.45, 7) is 4.46. The van der Waals surface area contributed by atoms with Crippen molar-refractivity contribution >= 4 is 5.69 Å². The maximum Gasteiger partial charge on any atom is 0.0698 e. The smallest absolute Gasteiger partial charge is 0.0698 e. The molecule has 0 aliphatic carbocycles. The molecule has 0 aromatic heterocycles. The van der Waals surface area contributed by atoms with Gasteiger partial charge in [-0.3, -0.25) is 4.90 Å². The quantitative estimate of drug-likeness (QED) is 0.733. The highest BCUT2D eigenvalue weighted by atomic mass is 16.5. The number of likely N-dealkylation sites (N-methyl/N-ethyl adjacent to an activating group) is 1. The minimum absolute atomic E-state index is 0.111. The van der Waals surface area contributed by atoms with Crippen molar-refractivity contribution in [1.82, 2.24) is 4.90 Å². The Morgan fingerprint density at radius 3 is 2.85 bits per heavy atom. The van der Waals surface area contributed by atoms with Crippen LogP contribution in [0, 0.1) is 0 Å². The lowest BCUT2D eigenvalue weighted by molar-refractivity contribution is 0.0716. The third-order valence-corrected chi connectivity index (χ3v) is 3.94. The van der Waals surface area contributed by atoms with Crippen LogP contribution in [0.15, 0.2) is 30.3 Å². The van der Waals surface area contributed by atoms with Gasteiger partial charge in [-0.25, -0.2) is 0 Å². The highest BCUT2D eigenvalue weighted by molar-refractivity contribution is 5.45. The van der Waals surface area contributed by atoms with E-state index in [4.69, 9.17) is 9.84 Å². The summed E-state index contributed by atoms with van der Waals surface area (Å²) in [6, 6.07) is 11.1. The number of ether oxygens (including phenoxy) is 1. The highest BCUT2D eigenvalue weighted by Crippen LogP contribution is 2.20. The van der Waals surface area contributed by atoms with Gasteiger partial charge in [-0.1, -0.05) is 18.2 Å². The molecule has 1 unspecified atom stereocenters. The summed E-state index contributed by atoms with van der Waals surface area (Å²) in [7, 11) is 2.16. The molecule has 1 saturated heterocycles. The Kier molecular flexibility index (Phi) is 6.30. The van der Waals surface area contributed by atoms with Crippen LogP contribution in [0.4, 0.5) is 5.69 Å². The van der Waals surface area contributed by atoms with Crippen LogP contribution in [0.1, 0.15) is 12.8 Å². The van der Waals surface area contributed by atoms with Crippen LogP contribution in [0.2, 0.25) is 0 Å². The molecule has 20 heavy (non-hydrogen) atoms. The third kappa shape index (κ3) is 4.47. The van der Waals surface area contributed by atoms with Crippen molar-refractivity contribution in [3.63, 3.8) is 0 Å². The van der Waals surface area contributed by atoms with Crippen LogP contribution >= 0.6 is 0 Å². The Balaban J connectivity index is 1.78. The Hall–Kier alpha value is -1.10. The van der Waals surface area contributed by atoms with E-state index in [1.165, 1.54) is 18.5 Å². The van der Waals surface area contributed by atoms with E-state index >= 15 is 0 Å². The van der Waals surface area contributed by atoms with Gasteiger partial charge < -0.3 is 14.7 Å². The largest absolute Gasteiger partial charge is 0.394 e. The Labute approximate surface area is 122 Å². The van der Waals surface area contributed by atoms with Crippen molar-refractivity contribution in [2.75, 3.05) is 51.4 Å². The van der Waals surface area contributed by atoms with E-state index in [1.807, 2.05) is 0 Å². The first-order valence-corrected chi connectivity index (χ1v) is 7.50. The summed E-state index contributed by atoms with van der Waals surface area (Å²) in [5, 5.41) is 8.71. The zero-order valence-electron chi connectivity index (χ0n) is 12.4. The number of likely N-dealkylation sites (tertiary alicyclic amines) is 1. The predicted octanol–water partition coefficient (Wildman–Crippen LogP) is 1.60. The first-order valence-electron chi connectivity index (χ1n) is 7.50. The van der Waals surface area contributed by atoms with E-state index in [9.17, 15) is 0 Å². The van der Waals surface area contributed by atoms with Gasteiger partial charge in [0.25, 0.3) is 0 Å². The maximum absolute atomic E-state index is 8.71. The minimum atomic E-state index is 0.111. The Morgan fingerprint density at radius 2 is 2.10 bits per heavy atom. The number of aliphatic hydroxyl groups excluding tert-OH is 1. The van der Waals surface area contributed by atoms with Gasteiger partial charge in [0.1, 0.15) is 0 Å². The lowest BCUT2D eigenvalue weighted by Crippen LogP contribution is -2.40. The maximum atomic E-state index is 8.71. The van der Waals surface area contributed by atoms with E-state index in [0.29, 0.717) is 19.3 Å². The number of hydrogen-bond donors (Lipinski definition) is 1. The van der Waals surface area contributed by atoms with E-state index in [-0.39, 0.29) is 6.61 Å². The molecular weight excluding hydrogens is 252 g/mol. The average molecular weight is 278 g/mol. The first-order chi connectivity index (χ1) is 9.81. The predicted molar refractivity (Wildman–Crippen MR) is 82.2 cm³/mol. The summed E-state index contributed by atoms with van der Waals surface area (Å²) in [5.41, 5.74) is 1.27. The number of para-hydroxylation sites is 1. The monoisotopic (exact) mass is 278 g/mol. The molecule has 0 radical (unpaired) electrons. The molecular formula is C16H26N2O2. The second-order valence-corrected chi connectivity index (χ2v) is 5.38. The van der Waals surface area contributed by atoms with Crippen molar-refractivity contribution in [2.45, 2.75) is 18.9 Å². The fourth-order valence-corrected chi connectivity index (χ4v) is 2.85. The number of benzene rings is 1. The standard InChI is InChI=1S/C16H26N2O2/c1-17(15-6-3-2-4-7-15)14-16-8-5-9-18(16)10-12-20-13-11-19/h2-4,6-7,16,19H,5,8-14H2,1H3. The molecule has 1 aromatic carbocycles. The van der Waals surface area contributed by atoms with Crippen molar-refractivity contribution in [3.8, 4) is 0 Å². The van der Waals surface area contributed by atoms with Crippen LogP contribution in [0.5, 0.6) is 0 Å². The van der Waals surface area contributed by atoms with Gasteiger partial charge in [0.15, 0.2) is 0 Å². The molecule has 112 valence electrons. The molecule has 1 aromatic rings. The van der Waals surface area contributed by atoms with Crippen LogP contribution in [-0.2, 0) is 4.74 Å². The molecule has 1 atom stereocenters. The number of nitrogens with zero attached hydrogens (tertiary/aromatic N) is 2. The number of rotatable bonds is 8. The molecule has 1 N–H and O–H groups in total. The van der Waals surface area contributed by atoms with Gasteiger partial charge in [-0.05, 0) is 31.5 Å². The van der Waals surface area contributed by atoms with E-state index in [1.54, 1.807) is 0 Å². The third-order valence-electron chi connectivity index (χ3n) is 3.94. The van der Waals surface area contributed by atoms with Gasteiger partial charge >= 0.3 is 0 Å². The fraction of sp³-hybridized carbons (Fsp3) is 0.625.